The topological polar surface area (TPSA) is 26.3 Å². The summed E-state index contributed by atoms with van der Waals surface area (Å²) in [6.45, 7) is 0. The highest BCUT2D eigenvalue weighted by Gasteiger charge is 2.22. The maximum absolute atomic E-state index is 6.81. The third-order valence-electron chi connectivity index (χ3n) is 18.0. The van der Waals surface area contributed by atoms with Crippen molar-refractivity contribution >= 4 is 119 Å². The Kier molecular flexibility index (Phi) is 10.1. The molecule has 0 aliphatic carbocycles. The Morgan fingerprint density at radius 1 is 0.155 bits per heavy atom. The van der Waals surface area contributed by atoms with E-state index in [4.69, 9.17) is 8.83 Å². The lowest BCUT2D eigenvalue weighted by molar-refractivity contribution is 0.668. The maximum Gasteiger partial charge on any atom is 0.136 e. The normalized spacial score (nSPS) is 12.0. The summed E-state index contributed by atoms with van der Waals surface area (Å²) in [5, 5.41) is 21.7. The number of hydrogen-bond acceptors (Lipinski definition) is 2. The molecule has 2 nitrogen and oxygen atoms in total. The van der Waals surface area contributed by atoms with E-state index in [1.165, 1.54) is 125 Å². The highest BCUT2D eigenvalue weighted by atomic mass is 16.3. The van der Waals surface area contributed by atoms with E-state index < -0.39 is 0 Å². The van der Waals surface area contributed by atoms with Crippen LogP contribution in [0.2, 0.25) is 0 Å². The molecule has 0 saturated carbocycles. The van der Waals surface area contributed by atoms with Gasteiger partial charge in [-0.05, 0) is 191 Å². The molecule has 18 aromatic rings. The molecule has 0 atom stereocenters. The predicted octanol–water partition coefficient (Wildman–Crippen LogP) is 23.6. The quantitative estimate of drug-likeness (QED) is 0.123. The van der Waals surface area contributed by atoms with Gasteiger partial charge < -0.3 is 8.83 Å². The molecule has 0 aliphatic rings. The van der Waals surface area contributed by atoms with Crippen molar-refractivity contribution in [3.63, 3.8) is 0 Å². The standard InChI is InChI=1S/C82H48O2/c1-2-18-55-51(17-1)46-74(61-22-6-5-19-58(55)61)82-71-30-13-11-28-69(71)81(70-29-12-14-31-72(70)82)54-38-41-64-73-45-52(39-44-76(73)84-78(64)48-54)57-43-42-56(59-20-3-4-21-60(57)59)49-33-35-50(36-34-49)79-65-24-7-9-26-67(65)80(68-27-10-8-25-66(68)79)53-37-40-63-62-23-15-16-32-75(62)83-77(63)47-53/h1-48H. The van der Waals surface area contributed by atoms with Crippen LogP contribution in [0.25, 0.3) is 186 Å². The van der Waals surface area contributed by atoms with E-state index in [0.717, 1.165) is 60.6 Å². The Morgan fingerprint density at radius 3 is 1.04 bits per heavy atom. The van der Waals surface area contributed by atoms with Gasteiger partial charge in [-0.15, -0.1) is 0 Å². The van der Waals surface area contributed by atoms with Crippen LogP contribution in [0.3, 0.4) is 0 Å². The number of hydrogen-bond donors (Lipinski definition) is 0. The Balaban J connectivity index is 0.714. The molecule has 16 aromatic carbocycles. The van der Waals surface area contributed by atoms with Gasteiger partial charge in [0, 0.05) is 21.5 Å². The van der Waals surface area contributed by atoms with E-state index in [-0.39, 0.29) is 0 Å². The zero-order valence-corrected chi connectivity index (χ0v) is 45.5. The molecule has 2 aromatic heterocycles. The van der Waals surface area contributed by atoms with Crippen LogP contribution < -0.4 is 0 Å². The highest BCUT2D eigenvalue weighted by molar-refractivity contribution is 6.27. The molecule has 0 N–H and O–H groups in total. The molecule has 2 heteroatoms. The fourth-order valence-electron chi connectivity index (χ4n) is 14.3. The summed E-state index contributed by atoms with van der Waals surface area (Å²) in [4.78, 5) is 0. The summed E-state index contributed by atoms with van der Waals surface area (Å²) >= 11 is 0. The van der Waals surface area contributed by atoms with Gasteiger partial charge in [0.25, 0.3) is 0 Å². The van der Waals surface area contributed by atoms with E-state index in [2.05, 4.69) is 279 Å². The van der Waals surface area contributed by atoms with E-state index >= 15 is 0 Å². The van der Waals surface area contributed by atoms with Crippen molar-refractivity contribution in [3.05, 3.63) is 291 Å². The number of para-hydroxylation sites is 1. The lowest BCUT2D eigenvalue weighted by atomic mass is 9.84. The first-order chi connectivity index (χ1) is 41.7. The van der Waals surface area contributed by atoms with E-state index in [0.29, 0.717) is 0 Å². The first-order valence-electron chi connectivity index (χ1n) is 29.0. The molecular formula is C82H48O2. The van der Waals surface area contributed by atoms with Gasteiger partial charge in [0.2, 0.25) is 0 Å². The lowest BCUT2D eigenvalue weighted by Gasteiger charge is -2.19. The van der Waals surface area contributed by atoms with E-state index in [1.54, 1.807) is 0 Å². The van der Waals surface area contributed by atoms with Gasteiger partial charge in [0.15, 0.2) is 0 Å². The minimum atomic E-state index is 0.874. The van der Waals surface area contributed by atoms with Gasteiger partial charge in [0.05, 0.1) is 0 Å². The number of fused-ring (bicyclic) bond motifs is 14. The number of benzene rings is 16. The molecule has 2 heterocycles. The van der Waals surface area contributed by atoms with Crippen LogP contribution >= 0.6 is 0 Å². The molecule has 388 valence electrons. The summed E-state index contributed by atoms with van der Waals surface area (Å²) < 4.78 is 13.2. The predicted molar refractivity (Wildman–Crippen MR) is 356 cm³/mol. The van der Waals surface area contributed by atoms with Gasteiger partial charge in [0.1, 0.15) is 22.3 Å². The Morgan fingerprint density at radius 2 is 0.500 bits per heavy atom. The van der Waals surface area contributed by atoms with Crippen molar-refractivity contribution in [2.24, 2.45) is 0 Å². The average molecular weight is 1070 g/mol. The van der Waals surface area contributed by atoms with Crippen molar-refractivity contribution in [1.82, 2.24) is 0 Å². The Labute approximate surface area is 483 Å². The van der Waals surface area contributed by atoms with Crippen molar-refractivity contribution in [2.45, 2.75) is 0 Å². The van der Waals surface area contributed by atoms with Crippen molar-refractivity contribution in [2.75, 3.05) is 0 Å². The Bertz CT molecular complexity index is 5680. The summed E-state index contributed by atoms with van der Waals surface area (Å²) in [5.41, 5.74) is 17.9. The van der Waals surface area contributed by atoms with Crippen molar-refractivity contribution in [3.8, 4) is 66.8 Å². The highest BCUT2D eigenvalue weighted by Crippen LogP contribution is 2.49. The zero-order valence-electron chi connectivity index (χ0n) is 45.5. The van der Waals surface area contributed by atoms with E-state index in [9.17, 15) is 0 Å². The second-order valence-corrected chi connectivity index (χ2v) is 22.5. The van der Waals surface area contributed by atoms with Gasteiger partial charge >= 0.3 is 0 Å². The smallest absolute Gasteiger partial charge is 0.136 e. The summed E-state index contributed by atoms with van der Waals surface area (Å²) in [5.74, 6) is 0. The minimum Gasteiger partial charge on any atom is -0.456 e. The second-order valence-electron chi connectivity index (χ2n) is 22.5. The minimum absolute atomic E-state index is 0.874. The van der Waals surface area contributed by atoms with Crippen LogP contribution in [0.1, 0.15) is 0 Å². The molecule has 0 amide bonds. The fraction of sp³-hybridized carbons (Fsp3) is 0. The molecule has 0 spiro atoms. The number of furan rings is 2. The molecule has 0 saturated heterocycles. The van der Waals surface area contributed by atoms with Crippen LogP contribution in [-0.4, -0.2) is 0 Å². The van der Waals surface area contributed by atoms with Crippen LogP contribution in [0, 0.1) is 0 Å². The van der Waals surface area contributed by atoms with Gasteiger partial charge in [-0.1, -0.05) is 243 Å². The fourth-order valence-corrected chi connectivity index (χ4v) is 14.3. The van der Waals surface area contributed by atoms with Crippen molar-refractivity contribution < 1.29 is 8.83 Å². The zero-order chi connectivity index (χ0) is 55.0. The SMILES string of the molecule is c1ccc2c(c1)cc(-c1c3ccccc3c(-c3ccc4c(c3)oc3ccc(-c5ccc(-c6ccc(-c7c8ccccc8c(-c8ccc9c(c8)oc8ccccc89)c8ccccc78)cc6)c6ccccc56)cc34)c3ccccc13)c1ccccc12. The molecular weight excluding hydrogens is 1020 g/mol. The van der Waals surface area contributed by atoms with Crippen LogP contribution in [0.5, 0.6) is 0 Å². The monoisotopic (exact) mass is 1060 g/mol. The van der Waals surface area contributed by atoms with Gasteiger partial charge in [-0.25, -0.2) is 0 Å². The molecule has 84 heavy (non-hydrogen) atoms. The molecule has 0 fully saturated rings. The number of rotatable bonds is 6. The molecule has 0 bridgehead atoms. The first-order valence-corrected chi connectivity index (χ1v) is 29.0. The third kappa shape index (κ3) is 6.98. The maximum atomic E-state index is 6.81. The molecule has 0 unspecified atom stereocenters. The van der Waals surface area contributed by atoms with Gasteiger partial charge in [-0.2, -0.15) is 0 Å². The Hall–Kier alpha value is -11.1. The summed E-state index contributed by atoms with van der Waals surface area (Å²) in [6, 6.07) is 107. The molecule has 18 rings (SSSR count). The molecule has 0 radical (unpaired) electrons. The summed E-state index contributed by atoms with van der Waals surface area (Å²) in [6.07, 6.45) is 0. The van der Waals surface area contributed by atoms with Crippen molar-refractivity contribution in [1.29, 1.82) is 0 Å². The van der Waals surface area contributed by atoms with Crippen LogP contribution in [0.4, 0.5) is 0 Å². The largest absolute Gasteiger partial charge is 0.456 e. The molecule has 0 aliphatic heterocycles. The average Bonchev–Trinajstić information content (AvgIpc) is 1.42. The summed E-state index contributed by atoms with van der Waals surface area (Å²) in [7, 11) is 0. The second kappa shape index (κ2) is 18.2. The van der Waals surface area contributed by atoms with Crippen LogP contribution in [-0.2, 0) is 0 Å². The van der Waals surface area contributed by atoms with E-state index in [1.807, 2.05) is 12.1 Å². The van der Waals surface area contributed by atoms with Gasteiger partial charge in [-0.3, -0.25) is 0 Å². The lowest BCUT2D eigenvalue weighted by Crippen LogP contribution is -1.92. The third-order valence-corrected chi connectivity index (χ3v) is 18.0. The van der Waals surface area contributed by atoms with Crippen LogP contribution in [0.15, 0.2) is 300 Å². The first kappa shape index (κ1) is 46.7.